The van der Waals surface area contributed by atoms with Gasteiger partial charge in [-0.3, -0.25) is 9.59 Å². The Labute approximate surface area is 211 Å². The maximum atomic E-state index is 12.8. The van der Waals surface area contributed by atoms with Crippen LogP contribution in [0.5, 0.6) is 23.0 Å². The Morgan fingerprint density at radius 2 is 1.42 bits per heavy atom. The summed E-state index contributed by atoms with van der Waals surface area (Å²) in [6.45, 7) is 6.70. The highest BCUT2D eigenvalue weighted by Crippen LogP contribution is 2.28. The largest absolute Gasteiger partial charge is 0.494 e. The van der Waals surface area contributed by atoms with E-state index < -0.39 is 0 Å². The van der Waals surface area contributed by atoms with Crippen molar-refractivity contribution < 1.29 is 28.5 Å². The van der Waals surface area contributed by atoms with Crippen LogP contribution in [-0.2, 0) is 4.79 Å². The van der Waals surface area contributed by atoms with Crippen molar-refractivity contribution >= 4 is 17.5 Å². The van der Waals surface area contributed by atoms with E-state index >= 15 is 0 Å². The molecule has 0 spiro atoms. The third-order valence-corrected chi connectivity index (χ3v) is 5.27. The molecule has 0 aromatic heterocycles. The van der Waals surface area contributed by atoms with E-state index in [1.807, 2.05) is 45.0 Å². The van der Waals surface area contributed by atoms with Gasteiger partial charge in [-0.25, -0.2) is 0 Å². The first-order valence-corrected chi connectivity index (χ1v) is 11.8. The van der Waals surface area contributed by atoms with Gasteiger partial charge in [0.05, 0.1) is 26.4 Å². The molecule has 0 aliphatic carbocycles. The smallest absolute Gasteiger partial charge is 0.262 e. The second-order valence-electron chi connectivity index (χ2n) is 7.86. The normalized spacial score (nSPS) is 11.2. The number of hydrogen-bond acceptors (Lipinski definition) is 6. The second kappa shape index (κ2) is 13.0. The van der Waals surface area contributed by atoms with Crippen molar-refractivity contribution in [1.29, 1.82) is 0 Å². The molecular formula is C28H32N2O6. The summed E-state index contributed by atoms with van der Waals surface area (Å²) in [4.78, 5) is 25.1. The quantitative estimate of drug-likeness (QED) is 0.369. The molecular weight excluding hydrogens is 460 g/mol. The van der Waals surface area contributed by atoms with E-state index in [0.717, 1.165) is 17.1 Å². The summed E-state index contributed by atoms with van der Waals surface area (Å²) in [5.41, 5.74) is 2.00. The van der Waals surface area contributed by atoms with Crippen molar-refractivity contribution in [2.24, 2.45) is 0 Å². The van der Waals surface area contributed by atoms with Gasteiger partial charge in [0.1, 0.15) is 11.5 Å². The minimum Gasteiger partial charge on any atom is -0.494 e. The fourth-order valence-electron chi connectivity index (χ4n) is 3.45. The molecule has 0 heterocycles. The third kappa shape index (κ3) is 7.40. The molecule has 3 aromatic rings. The minimum atomic E-state index is -0.327. The lowest BCUT2D eigenvalue weighted by Gasteiger charge is -2.16. The van der Waals surface area contributed by atoms with Crippen LogP contribution >= 0.6 is 0 Å². The van der Waals surface area contributed by atoms with Gasteiger partial charge < -0.3 is 29.6 Å². The second-order valence-corrected chi connectivity index (χ2v) is 7.86. The molecule has 1 unspecified atom stereocenters. The van der Waals surface area contributed by atoms with Crippen LogP contribution in [0.4, 0.5) is 5.69 Å². The topological polar surface area (TPSA) is 95.1 Å². The van der Waals surface area contributed by atoms with Crippen molar-refractivity contribution in [2.45, 2.75) is 26.8 Å². The molecule has 0 saturated carbocycles. The molecule has 0 radical (unpaired) electrons. The van der Waals surface area contributed by atoms with E-state index in [9.17, 15) is 9.59 Å². The predicted octanol–water partition coefficient (Wildman–Crippen LogP) is 5.00. The lowest BCUT2D eigenvalue weighted by atomic mass is 10.1. The molecule has 0 fully saturated rings. The molecule has 2 N–H and O–H groups in total. The van der Waals surface area contributed by atoms with Gasteiger partial charge in [0.25, 0.3) is 11.8 Å². The summed E-state index contributed by atoms with van der Waals surface area (Å²) >= 11 is 0. The maximum absolute atomic E-state index is 12.8. The highest BCUT2D eigenvalue weighted by atomic mass is 16.5. The summed E-state index contributed by atoms with van der Waals surface area (Å²) in [6, 6.07) is 19.3. The van der Waals surface area contributed by atoms with Crippen LogP contribution in [0.1, 0.15) is 42.7 Å². The molecule has 3 aromatic carbocycles. The van der Waals surface area contributed by atoms with Crippen molar-refractivity contribution in [3.05, 3.63) is 77.9 Å². The summed E-state index contributed by atoms with van der Waals surface area (Å²) < 4.78 is 21.9. The molecule has 8 heteroatoms. The molecule has 0 saturated heterocycles. The number of amides is 2. The molecule has 1 atom stereocenters. The van der Waals surface area contributed by atoms with Crippen LogP contribution in [0.15, 0.2) is 66.7 Å². The van der Waals surface area contributed by atoms with Crippen LogP contribution < -0.4 is 29.6 Å². The number of anilines is 1. The first-order valence-electron chi connectivity index (χ1n) is 11.8. The molecule has 0 aliphatic heterocycles. The first-order chi connectivity index (χ1) is 17.4. The van der Waals surface area contributed by atoms with Gasteiger partial charge >= 0.3 is 0 Å². The van der Waals surface area contributed by atoms with E-state index in [4.69, 9.17) is 18.9 Å². The average molecular weight is 493 g/mol. The van der Waals surface area contributed by atoms with Gasteiger partial charge in [0.15, 0.2) is 18.1 Å². The van der Waals surface area contributed by atoms with Gasteiger partial charge in [-0.2, -0.15) is 0 Å². The standard InChI is InChI=1S/C28H32N2O6/c1-5-34-23-12-7-20(8-13-23)19(3)29-28(32)21-9-16-25(26(17-21)33-4)36-18-27(31)30-22-10-14-24(15-11-22)35-6-2/h7-17,19H,5-6,18H2,1-4H3,(H,29,32)(H,30,31). The van der Waals surface area contributed by atoms with Gasteiger partial charge in [-0.1, -0.05) is 12.1 Å². The van der Waals surface area contributed by atoms with Crippen molar-refractivity contribution in [3.8, 4) is 23.0 Å². The number of ether oxygens (including phenoxy) is 4. The van der Waals surface area contributed by atoms with Crippen LogP contribution in [0.3, 0.4) is 0 Å². The monoisotopic (exact) mass is 492 g/mol. The first kappa shape index (κ1) is 26.4. The Morgan fingerprint density at radius 3 is 2.00 bits per heavy atom. The van der Waals surface area contributed by atoms with Gasteiger partial charge in [-0.15, -0.1) is 0 Å². The predicted molar refractivity (Wildman–Crippen MR) is 138 cm³/mol. The van der Waals surface area contributed by atoms with E-state index in [2.05, 4.69) is 10.6 Å². The Hall–Kier alpha value is -4.20. The Morgan fingerprint density at radius 1 is 0.806 bits per heavy atom. The Kier molecular flexibility index (Phi) is 9.56. The number of carbonyl (C=O) groups is 2. The number of methoxy groups -OCH3 is 1. The molecule has 8 nitrogen and oxygen atoms in total. The number of hydrogen-bond donors (Lipinski definition) is 2. The van der Waals surface area contributed by atoms with Crippen molar-refractivity contribution in [2.75, 3.05) is 32.2 Å². The van der Waals surface area contributed by atoms with Crippen molar-refractivity contribution in [1.82, 2.24) is 5.32 Å². The Bertz CT molecular complexity index is 1150. The average Bonchev–Trinajstić information content (AvgIpc) is 2.89. The van der Waals surface area contributed by atoms with E-state index in [-0.39, 0.29) is 24.5 Å². The lowest BCUT2D eigenvalue weighted by Crippen LogP contribution is -2.26. The van der Waals surface area contributed by atoms with Gasteiger partial charge in [-0.05, 0) is 80.9 Å². The summed E-state index contributed by atoms with van der Waals surface area (Å²) in [7, 11) is 1.48. The molecule has 0 aliphatic rings. The third-order valence-electron chi connectivity index (χ3n) is 5.27. The highest BCUT2D eigenvalue weighted by Gasteiger charge is 2.15. The zero-order valence-corrected chi connectivity index (χ0v) is 21.0. The van der Waals surface area contributed by atoms with Gasteiger partial charge in [0, 0.05) is 11.3 Å². The zero-order chi connectivity index (χ0) is 25.9. The highest BCUT2D eigenvalue weighted by molar-refractivity contribution is 5.95. The molecule has 3 rings (SSSR count). The number of benzene rings is 3. The number of carbonyl (C=O) groups excluding carboxylic acids is 2. The van der Waals surface area contributed by atoms with E-state index in [1.165, 1.54) is 7.11 Å². The SMILES string of the molecule is CCOc1ccc(NC(=O)COc2ccc(C(=O)NC(C)c3ccc(OCC)cc3)cc2OC)cc1. The minimum absolute atomic E-state index is 0.207. The molecule has 0 bridgehead atoms. The van der Waals surface area contributed by atoms with Crippen LogP contribution in [0.25, 0.3) is 0 Å². The molecule has 36 heavy (non-hydrogen) atoms. The maximum Gasteiger partial charge on any atom is 0.262 e. The van der Waals surface area contributed by atoms with Crippen molar-refractivity contribution in [3.63, 3.8) is 0 Å². The summed E-state index contributed by atoms with van der Waals surface area (Å²) in [6.07, 6.45) is 0. The molecule has 190 valence electrons. The van der Waals surface area contributed by atoms with E-state index in [1.54, 1.807) is 42.5 Å². The number of nitrogens with one attached hydrogen (secondary N) is 2. The summed E-state index contributed by atoms with van der Waals surface area (Å²) in [5.74, 6) is 1.64. The number of rotatable bonds is 12. The van der Waals surface area contributed by atoms with Crippen LogP contribution in [0.2, 0.25) is 0 Å². The van der Waals surface area contributed by atoms with Gasteiger partial charge in [0.2, 0.25) is 0 Å². The summed E-state index contributed by atoms with van der Waals surface area (Å²) in [5, 5.41) is 5.74. The fraction of sp³-hybridized carbons (Fsp3) is 0.286. The Balaban J connectivity index is 1.56. The van der Waals surface area contributed by atoms with Crippen LogP contribution in [-0.4, -0.2) is 38.7 Å². The fourth-order valence-corrected chi connectivity index (χ4v) is 3.45. The lowest BCUT2D eigenvalue weighted by molar-refractivity contribution is -0.118. The van der Waals surface area contributed by atoms with Crippen LogP contribution in [0, 0.1) is 0 Å². The molecule has 2 amide bonds. The van der Waals surface area contributed by atoms with E-state index in [0.29, 0.717) is 36.0 Å². The zero-order valence-electron chi connectivity index (χ0n) is 21.0.